The van der Waals surface area contributed by atoms with Gasteiger partial charge in [0.15, 0.2) is 5.69 Å². The summed E-state index contributed by atoms with van der Waals surface area (Å²) >= 11 is 0. The molecule has 1 saturated heterocycles. The predicted octanol–water partition coefficient (Wildman–Crippen LogP) is -1.03. The van der Waals surface area contributed by atoms with Gasteiger partial charge >= 0.3 is 23.7 Å². The third kappa shape index (κ3) is 10.2. The first kappa shape index (κ1) is 27.0. The molecule has 0 aliphatic carbocycles. The van der Waals surface area contributed by atoms with Crippen LogP contribution in [0, 0.1) is 10.1 Å². The average Bonchev–Trinajstić information content (AvgIpc) is 2.74. The minimum atomic E-state index is -1.02. The van der Waals surface area contributed by atoms with Gasteiger partial charge in [-0.1, -0.05) is 0 Å². The Hall–Kier alpha value is -3.20. The molecule has 1 fully saturated rings. The fraction of sp³-hybridized carbons (Fsp3) is 0.600. The number of aromatic nitrogens is 1. The molecular weight excluding hydrogens is 452 g/mol. The molecule has 2 rings (SSSR count). The van der Waals surface area contributed by atoms with Gasteiger partial charge in [0.1, 0.15) is 0 Å². The van der Waals surface area contributed by atoms with Crippen molar-refractivity contribution < 1.29 is 34.6 Å². The quantitative estimate of drug-likeness (QED) is 0.287. The van der Waals surface area contributed by atoms with Crippen LogP contribution in [0.5, 0.6) is 0 Å². The molecule has 3 N–H and O–H groups in total. The normalized spacial score (nSPS) is 18.0. The maximum absolute atomic E-state index is 11.3. The van der Waals surface area contributed by atoms with E-state index < -0.39 is 22.8 Å². The van der Waals surface area contributed by atoms with Crippen LogP contribution in [0.2, 0.25) is 0 Å². The van der Waals surface area contributed by atoms with Crippen LogP contribution in [0.1, 0.15) is 5.69 Å². The van der Waals surface area contributed by atoms with Gasteiger partial charge in [-0.2, -0.15) is 0 Å². The molecule has 1 aromatic heterocycles. The molecule has 0 amide bonds. The van der Waals surface area contributed by atoms with Crippen molar-refractivity contribution >= 4 is 23.7 Å². The third-order valence-electron chi connectivity index (χ3n) is 5.37. The van der Waals surface area contributed by atoms with E-state index >= 15 is 0 Å². The van der Waals surface area contributed by atoms with Crippen LogP contribution in [0.25, 0.3) is 0 Å². The van der Waals surface area contributed by atoms with E-state index in [-0.39, 0.29) is 32.0 Å². The molecule has 1 aliphatic heterocycles. The molecule has 0 atom stereocenters. The predicted molar refractivity (Wildman–Crippen MR) is 118 cm³/mol. The summed E-state index contributed by atoms with van der Waals surface area (Å²) in [5, 5.41) is 38.8. The number of rotatable bonds is 9. The van der Waals surface area contributed by atoms with Crippen LogP contribution >= 0.6 is 0 Å². The van der Waals surface area contributed by atoms with Crippen molar-refractivity contribution in [3.8, 4) is 0 Å². The summed E-state index contributed by atoms with van der Waals surface area (Å²) in [6, 6.07) is 4.50. The van der Waals surface area contributed by atoms with Gasteiger partial charge in [0.2, 0.25) is 0 Å². The van der Waals surface area contributed by atoms with Crippen LogP contribution in [-0.2, 0) is 20.9 Å². The van der Waals surface area contributed by atoms with E-state index in [0.717, 1.165) is 0 Å². The second-order valence-electron chi connectivity index (χ2n) is 8.03. The zero-order chi connectivity index (χ0) is 25.1. The number of hydrogen-bond acceptors (Lipinski definition) is 10. The minimum absolute atomic E-state index is 0.213. The number of hydrogen-bond donors (Lipinski definition) is 3. The first-order valence-corrected chi connectivity index (χ1v) is 10.8. The van der Waals surface area contributed by atoms with Gasteiger partial charge in [0.05, 0.1) is 26.2 Å². The van der Waals surface area contributed by atoms with Gasteiger partial charge in [-0.25, -0.2) is 0 Å². The van der Waals surface area contributed by atoms with Crippen molar-refractivity contribution in [2.24, 2.45) is 0 Å². The van der Waals surface area contributed by atoms with Gasteiger partial charge in [-0.3, -0.25) is 34.0 Å². The molecule has 0 spiro atoms. The maximum atomic E-state index is 11.3. The highest BCUT2D eigenvalue weighted by Crippen LogP contribution is 2.10. The highest BCUT2D eigenvalue weighted by Gasteiger charge is 2.21. The zero-order valence-electron chi connectivity index (χ0n) is 18.8. The van der Waals surface area contributed by atoms with Crippen LogP contribution in [0.15, 0.2) is 18.2 Å². The van der Waals surface area contributed by atoms with E-state index in [4.69, 9.17) is 0 Å². The first-order valence-electron chi connectivity index (χ1n) is 10.8. The Balaban J connectivity index is 2.20. The summed E-state index contributed by atoms with van der Waals surface area (Å²) in [5.74, 6) is -3.30. The lowest BCUT2D eigenvalue weighted by Gasteiger charge is -2.32. The van der Waals surface area contributed by atoms with Crippen molar-refractivity contribution in [2.75, 3.05) is 72.0 Å². The smallest absolute Gasteiger partial charge is 0.363 e. The van der Waals surface area contributed by atoms with Gasteiger partial charge in [-0.15, -0.1) is 0 Å². The summed E-state index contributed by atoms with van der Waals surface area (Å²) in [6.07, 6.45) is 0. The molecule has 0 unspecified atom stereocenters. The fourth-order valence-electron chi connectivity index (χ4n) is 3.67. The monoisotopic (exact) mass is 482 g/mol. The van der Waals surface area contributed by atoms with Crippen molar-refractivity contribution in [1.29, 1.82) is 0 Å². The molecule has 2 heterocycles. The molecule has 34 heavy (non-hydrogen) atoms. The molecule has 0 saturated carbocycles. The van der Waals surface area contributed by atoms with E-state index in [2.05, 4.69) is 4.98 Å². The first-order chi connectivity index (χ1) is 16.1. The number of carboxylic acids is 3. The average molecular weight is 482 g/mol. The Labute approximate surface area is 196 Å². The third-order valence-corrected chi connectivity index (χ3v) is 5.37. The maximum Gasteiger partial charge on any atom is 0.363 e. The molecule has 0 bridgehead atoms. The summed E-state index contributed by atoms with van der Waals surface area (Å²) in [7, 11) is 0. The van der Waals surface area contributed by atoms with Crippen molar-refractivity contribution in [3.63, 3.8) is 0 Å². The van der Waals surface area contributed by atoms with Crippen LogP contribution < -0.4 is 0 Å². The summed E-state index contributed by atoms with van der Waals surface area (Å²) in [4.78, 5) is 55.4. The second kappa shape index (κ2) is 13.5. The van der Waals surface area contributed by atoms with Crippen LogP contribution in [0.3, 0.4) is 0 Å². The highest BCUT2D eigenvalue weighted by atomic mass is 16.6. The lowest BCUT2D eigenvalue weighted by atomic mass is 10.3. The Morgan fingerprint density at radius 3 is 1.50 bits per heavy atom. The second-order valence-corrected chi connectivity index (χ2v) is 8.03. The molecular formula is C20H30N6O8. The van der Waals surface area contributed by atoms with Crippen LogP contribution in [-0.4, -0.2) is 135 Å². The largest absolute Gasteiger partial charge is 0.480 e. The number of carbonyl (C=O) groups is 3. The van der Waals surface area contributed by atoms with Crippen molar-refractivity contribution in [1.82, 2.24) is 24.6 Å². The number of aliphatic carboxylic acids is 3. The SMILES string of the molecule is O=C(O)CN1CCN(CC(=O)O)CCN(Cc2cccc([N+](=O)[O-])n2)CCN(CC(=O)O)CC1. The fourth-order valence-corrected chi connectivity index (χ4v) is 3.67. The lowest BCUT2D eigenvalue weighted by Crippen LogP contribution is -2.48. The van der Waals surface area contributed by atoms with Crippen LogP contribution in [0.4, 0.5) is 5.82 Å². The summed E-state index contributed by atoms with van der Waals surface area (Å²) in [6.45, 7) is 2.44. The standard InChI is InChI=1S/C20H30N6O8/c27-18(28)13-23-6-4-22(12-16-2-1-3-17(21-16)26(33)34)5-7-24(14-19(29)30)9-11-25(10-8-23)15-20(31)32/h1-3H,4-15H2,(H,27,28)(H,29,30)(H,31,32). The molecule has 1 aliphatic rings. The number of nitrogens with zero attached hydrogens (tertiary/aromatic N) is 6. The molecule has 14 heteroatoms. The highest BCUT2D eigenvalue weighted by molar-refractivity contribution is 5.69. The Morgan fingerprint density at radius 1 is 0.765 bits per heavy atom. The topological polar surface area (TPSA) is 181 Å². The summed E-state index contributed by atoms with van der Waals surface area (Å²) < 4.78 is 0. The Kier molecular flexibility index (Phi) is 10.7. The van der Waals surface area contributed by atoms with Gasteiger partial charge in [0.25, 0.3) is 0 Å². The zero-order valence-corrected chi connectivity index (χ0v) is 18.8. The number of pyridine rings is 1. The molecule has 0 aromatic carbocycles. The van der Waals surface area contributed by atoms with E-state index in [0.29, 0.717) is 58.1 Å². The van der Waals surface area contributed by atoms with Crippen molar-refractivity contribution in [3.05, 3.63) is 34.0 Å². The van der Waals surface area contributed by atoms with E-state index in [1.807, 2.05) is 4.90 Å². The van der Waals surface area contributed by atoms with Gasteiger partial charge in [-0.05, 0) is 22.0 Å². The summed E-state index contributed by atoms with van der Waals surface area (Å²) in [5.41, 5.74) is 0.475. The lowest BCUT2D eigenvalue weighted by molar-refractivity contribution is -0.389. The van der Waals surface area contributed by atoms with E-state index in [9.17, 15) is 39.8 Å². The molecule has 0 radical (unpaired) electrons. The van der Waals surface area contributed by atoms with Gasteiger partial charge in [0, 0.05) is 58.4 Å². The van der Waals surface area contributed by atoms with Gasteiger partial charge < -0.3 is 25.4 Å². The molecule has 188 valence electrons. The van der Waals surface area contributed by atoms with E-state index in [1.165, 1.54) is 6.07 Å². The Morgan fingerprint density at radius 2 is 1.15 bits per heavy atom. The number of nitro groups is 1. The number of carboxylic acid groups (broad SMARTS) is 3. The van der Waals surface area contributed by atoms with E-state index in [1.54, 1.807) is 26.8 Å². The Bertz CT molecular complexity index is 837. The molecule has 14 nitrogen and oxygen atoms in total. The molecule has 1 aromatic rings. The van der Waals surface area contributed by atoms with Crippen molar-refractivity contribution in [2.45, 2.75) is 6.54 Å². The minimum Gasteiger partial charge on any atom is -0.480 e.